The maximum atomic E-state index is 7.94. The van der Waals surface area contributed by atoms with Gasteiger partial charge in [-0.3, -0.25) is 10.4 Å². The van der Waals surface area contributed by atoms with Crippen LogP contribution in [0.15, 0.2) is 18.2 Å². The maximum Gasteiger partial charge on any atom is 0.123 e. The summed E-state index contributed by atoms with van der Waals surface area (Å²) in [5.41, 5.74) is 11.4. The van der Waals surface area contributed by atoms with Crippen molar-refractivity contribution in [2.45, 2.75) is 39.0 Å². The minimum Gasteiger partial charge on any atom is -0.384 e. The van der Waals surface area contributed by atoms with Gasteiger partial charge in [0.15, 0.2) is 0 Å². The molecule has 3 nitrogen and oxygen atoms in total. The first kappa shape index (κ1) is 12.2. The second-order valence-electron chi connectivity index (χ2n) is 5.20. The molecule has 0 fully saturated rings. The van der Waals surface area contributed by atoms with Crippen molar-refractivity contribution in [3.63, 3.8) is 0 Å². The molecule has 0 saturated carbocycles. The number of amidine groups is 1. The van der Waals surface area contributed by atoms with Gasteiger partial charge in [-0.15, -0.1) is 0 Å². The highest BCUT2D eigenvalue weighted by Crippen LogP contribution is 2.30. The monoisotopic (exact) mass is 253 g/mol. The van der Waals surface area contributed by atoms with Crippen LogP contribution < -0.4 is 5.73 Å². The summed E-state index contributed by atoms with van der Waals surface area (Å²) < 4.78 is 0. The first-order chi connectivity index (χ1) is 9.22. The number of nitrogens with one attached hydrogen (secondary N) is 1. The topological polar surface area (TPSA) is 62.8 Å². The number of benzene rings is 1. The van der Waals surface area contributed by atoms with Crippen molar-refractivity contribution in [1.82, 2.24) is 4.98 Å². The normalized spacial score (nSPS) is 14.4. The minimum absolute atomic E-state index is 0.179. The van der Waals surface area contributed by atoms with E-state index < -0.39 is 0 Å². The fourth-order valence-corrected chi connectivity index (χ4v) is 3.10. The predicted molar refractivity (Wildman–Crippen MR) is 78.8 cm³/mol. The lowest BCUT2D eigenvalue weighted by atomic mass is 9.88. The van der Waals surface area contributed by atoms with Crippen LogP contribution in [0, 0.1) is 5.41 Å². The third kappa shape index (κ3) is 1.89. The average Bonchev–Trinajstić information content (AvgIpc) is 2.43. The SMILES string of the molecule is CCc1cccc2c(C(=N)N)c3c(nc12)CCCC3. The number of aromatic nitrogens is 1. The molecule has 1 heterocycles. The van der Waals surface area contributed by atoms with Gasteiger partial charge in [0.1, 0.15) is 5.84 Å². The molecule has 0 bridgehead atoms. The van der Waals surface area contributed by atoms with E-state index in [1.54, 1.807) is 0 Å². The number of rotatable bonds is 2. The quantitative estimate of drug-likeness (QED) is 0.638. The number of hydrogen-bond donors (Lipinski definition) is 2. The van der Waals surface area contributed by atoms with E-state index in [1.807, 2.05) is 12.1 Å². The number of hydrogen-bond acceptors (Lipinski definition) is 2. The number of nitrogens with zero attached hydrogens (tertiary/aromatic N) is 1. The van der Waals surface area contributed by atoms with Gasteiger partial charge in [0.2, 0.25) is 0 Å². The summed E-state index contributed by atoms with van der Waals surface area (Å²) in [7, 11) is 0. The van der Waals surface area contributed by atoms with Crippen molar-refractivity contribution < 1.29 is 0 Å². The van der Waals surface area contributed by atoms with Crippen molar-refractivity contribution in [2.75, 3.05) is 0 Å². The molecule has 0 amide bonds. The van der Waals surface area contributed by atoms with Gasteiger partial charge in [-0.1, -0.05) is 25.1 Å². The van der Waals surface area contributed by atoms with Crippen LogP contribution in [0.2, 0.25) is 0 Å². The van der Waals surface area contributed by atoms with Crippen LogP contribution in [0.1, 0.15) is 42.1 Å². The molecule has 0 atom stereocenters. The molecule has 3 rings (SSSR count). The van der Waals surface area contributed by atoms with E-state index >= 15 is 0 Å². The zero-order chi connectivity index (χ0) is 13.4. The van der Waals surface area contributed by atoms with E-state index in [0.717, 1.165) is 41.4 Å². The zero-order valence-electron chi connectivity index (χ0n) is 11.3. The standard InChI is InChI=1S/C16H19N3/c1-2-10-6-5-8-12-14(16(17)18)11-7-3-4-9-13(11)19-15(10)12/h5-6,8H,2-4,7,9H2,1H3,(H3,17,18). The number of aryl methyl sites for hydroxylation is 2. The molecule has 1 aliphatic rings. The van der Waals surface area contributed by atoms with Crippen LogP contribution in [-0.2, 0) is 19.3 Å². The molecule has 1 aromatic heterocycles. The molecule has 0 unspecified atom stereocenters. The smallest absolute Gasteiger partial charge is 0.123 e. The van der Waals surface area contributed by atoms with Gasteiger partial charge >= 0.3 is 0 Å². The largest absolute Gasteiger partial charge is 0.384 e. The lowest BCUT2D eigenvalue weighted by Crippen LogP contribution is -2.19. The van der Waals surface area contributed by atoms with Crippen molar-refractivity contribution in [2.24, 2.45) is 5.73 Å². The molecule has 0 radical (unpaired) electrons. The Hall–Kier alpha value is -1.90. The van der Waals surface area contributed by atoms with Crippen LogP contribution in [-0.4, -0.2) is 10.8 Å². The Morgan fingerprint density at radius 1 is 1.32 bits per heavy atom. The van der Waals surface area contributed by atoms with Crippen LogP contribution in [0.25, 0.3) is 10.9 Å². The van der Waals surface area contributed by atoms with Gasteiger partial charge in [-0.05, 0) is 43.2 Å². The van der Waals surface area contributed by atoms with Crippen LogP contribution >= 0.6 is 0 Å². The predicted octanol–water partition coefficient (Wildman–Crippen LogP) is 2.96. The van der Waals surface area contributed by atoms with Crippen molar-refractivity contribution in [3.8, 4) is 0 Å². The molecular weight excluding hydrogens is 234 g/mol. The molecule has 0 aliphatic heterocycles. The summed E-state index contributed by atoms with van der Waals surface area (Å²) in [4.78, 5) is 4.88. The van der Waals surface area contributed by atoms with Gasteiger partial charge in [0, 0.05) is 16.6 Å². The second kappa shape index (κ2) is 4.65. The van der Waals surface area contributed by atoms with Crippen LogP contribution in [0.5, 0.6) is 0 Å². The molecular formula is C16H19N3. The lowest BCUT2D eigenvalue weighted by molar-refractivity contribution is 0.670. The summed E-state index contributed by atoms with van der Waals surface area (Å²) in [6, 6.07) is 6.21. The Kier molecular flexibility index (Phi) is 2.97. The number of fused-ring (bicyclic) bond motifs is 2. The van der Waals surface area contributed by atoms with E-state index in [4.69, 9.17) is 16.1 Å². The second-order valence-corrected chi connectivity index (χ2v) is 5.20. The molecule has 1 aliphatic carbocycles. The maximum absolute atomic E-state index is 7.94. The third-order valence-electron chi connectivity index (χ3n) is 4.03. The number of nitrogen functional groups attached to an aromatic ring is 1. The van der Waals surface area contributed by atoms with Crippen molar-refractivity contribution in [1.29, 1.82) is 5.41 Å². The molecule has 0 spiro atoms. The molecule has 1 aromatic carbocycles. The van der Waals surface area contributed by atoms with E-state index in [0.29, 0.717) is 0 Å². The minimum atomic E-state index is 0.179. The van der Waals surface area contributed by atoms with E-state index in [2.05, 4.69) is 13.0 Å². The van der Waals surface area contributed by atoms with Gasteiger partial charge < -0.3 is 5.73 Å². The van der Waals surface area contributed by atoms with Crippen LogP contribution in [0.4, 0.5) is 0 Å². The molecule has 98 valence electrons. The fraction of sp³-hybridized carbons (Fsp3) is 0.375. The van der Waals surface area contributed by atoms with E-state index in [9.17, 15) is 0 Å². The van der Waals surface area contributed by atoms with Crippen molar-refractivity contribution >= 4 is 16.7 Å². The van der Waals surface area contributed by atoms with Gasteiger partial charge in [0.25, 0.3) is 0 Å². The molecule has 19 heavy (non-hydrogen) atoms. The van der Waals surface area contributed by atoms with Crippen LogP contribution in [0.3, 0.4) is 0 Å². The Morgan fingerprint density at radius 3 is 2.84 bits per heavy atom. The highest BCUT2D eigenvalue weighted by Gasteiger charge is 2.20. The summed E-state index contributed by atoms with van der Waals surface area (Å²) >= 11 is 0. The van der Waals surface area contributed by atoms with E-state index in [1.165, 1.54) is 24.0 Å². The molecule has 3 N–H and O–H groups in total. The Balaban J connectivity index is 2.42. The highest BCUT2D eigenvalue weighted by atomic mass is 14.7. The van der Waals surface area contributed by atoms with Crippen molar-refractivity contribution in [3.05, 3.63) is 40.6 Å². The summed E-state index contributed by atoms with van der Waals surface area (Å²) in [6.45, 7) is 2.14. The first-order valence-electron chi connectivity index (χ1n) is 7.00. The summed E-state index contributed by atoms with van der Waals surface area (Å²) in [6.07, 6.45) is 5.35. The third-order valence-corrected chi connectivity index (χ3v) is 4.03. The first-order valence-corrected chi connectivity index (χ1v) is 7.00. The summed E-state index contributed by atoms with van der Waals surface area (Å²) in [5.74, 6) is 0.179. The van der Waals surface area contributed by atoms with Gasteiger partial charge in [-0.25, -0.2) is 0 Å². The Bertz CT molecular complexity index is 659. The fourth-order valence-electron chi connectivity index (χ4n) is 3.10. The zero-order valence-corrected chi connectivity index (χ0v) is 11.3. The summed E-state index contributed by atoms with van der Waals surface area (Å²) in [5, 5.41) is 8.98. The van der Waals surface area contributed by atoms with Gasteiger partial charge in [0.05, 0.1) is 5.52 Å². The molecule has 3 heteroatoms. The number of para-hydroxylation sites is 1. The Morgan fingerprint density at radius 2 is 2.11 bits per heavy atom. The molecule has 0 saturated heterocycles. The average molecular weight is 253 g/mol. The Labute approximate surface area is 113 Å². The number of pyridine rings is 1. The van der Waals surface area contributed by atoms with E-state index in [-0.39, 0.29) is 5.84 Å². The number of nitrogens with two attached hydrogens (primary N) is 1. The highest BCUT2D eigenvalue weighted by molar-refractivity contribution is 6.08. The molecule has 2 aromatic rings. The lowest BCUT2D eigenvalue weighted by Gasteiger charge is -2.21. The van der Waals surface area contributed by atoms with Gasteiger partial charge in [-0.2, -0.15) is 0 Å².